The van der Waals surface area contributed by atoms with Crippen LogP contribution in [0.4, 0.5) is 26.4 Å². The van der Waals surface area contributed by atoms with Gasteiger partial charge in [-0.05, 0) is 25.3 Å². The first-order valence-corrected chi connectivity index (χ1v) is 10.5. The van der Waals surface area contributed by atoms with Crippen molar-refractivity contribution in [2.75, 3.05) is 54.5 Å². The molecule has 30 heavy (non-hydrogen) atoms. The molecule has 1 N–H and O–H groups in total. The summed E-state index contributed by atoms with van der Waals surface area (Å²) >= 11 is 0. The van der Waals surface area contributed by atoms with Crippen LogP contribution in [-0.2, 0) is 4.74 Å². The number of ether oxygens (including phenoxy) is 1. The van der Waals surface area contributed by atoms with Crippen molar-refractivity contribution < 1.29 is 13.5 Å². The van der Waals surface area contributed by atoms with Gasteiger partial charge >= 0.3 is 0 Å². The number of aromatic nitrogens is 4. The Morgan fingerprint density at radius 3 is 2.60 bits per heavy atom. The van der Waals surface area contributed by atoms with Crippen molar-refractivity contribution in [1.82, 2.24) is 19.9 Å². The fourth-order valence-electron chi connectivity index (χ4n) is 3.93. The average molecular weight is 417 g/mol. The molecule has 2 saturated heterocycles. The molecule has 4 heterocycles. The van der Waals surface area contributed by atoms with Crippen molar-refractivity contribution in [2.45, 2.75) is 37.6 Å². The summed E-state index contributed by atoms with van der Waals surface area (Å²) in [6, 6.07) is 3.46. The number of halogens is 2. The molecular weight excluding hydrogens is 392 g/mol. The van der Waals surface area contributed by atoms with Gasteiger partial charge in [-0.1, -0.05) is 0 Å². The maximum Gasteiger partial charge on any atom is 0.280 e. The Morgan fingerprint density at radius 1 is 1.00 bits per heavy atom. The van der Waals surface area contributed by atoms with Gasteiger partial charge in [-0.25, -0.2) is 23.7 Å². The highest BCUT2D eigenvalue weighted by Crippen LogP contribution is 2.39. The lowest BCUT2D eigenvalue weighted by Crippen LogP contribution is -2.37. The predicted octanol–water partition coefficient (Wildman–Crippen LogP) is 2.61. The third-order valence-corrected chi connectivity index (χ3v) is 5.74. The van der Waals surface area contributed by atoms with Crippen LogP contribution in [0, 0.1) is 0 Å². The first kappa shape index (κ1) is 19.3. The van der Waals surface area contributed by atoms with Crippen molar-refractivity contribution in [3.63, 3.8) is 0 Å². The lowest BCUT2D eigenvalue weighted by Gasteiger charge is -2.28. The summed E-state index contributed by atoms with van der Waals surface area (Å²) in [5.41, 5.74) is -0.181. The zero-order valence-electron chi connectivity index (χ0n) is 16.7. The van der Waals surface area contributed by atoms with E-state index in [0.717, 1.165) is 44.7 Å². The molecule has 3 aliphatic rings. The molecule has 160 valence electrons. The molecule has 2 aromatic heterocycles. The monoisotopic (exact) mass is 417 g/mol. The van der Waals surface area contributed by atoms with Crippen LogP contribution in [0.2, 0.25) is 0 Å². The van der Waals surface area contributed by atoms with Crippen molar-refractivity contribution in [3.8, 4) is 0 Å². The van der Waals surface area contributed by atoms with E-state index < -0.39 is 6.43 Å². The summed E-state index contributed by atoms with van der Waals surface area (Å²) in [6.45, 7) is 4.44. The zero-order valence-corrected chi connectivity index (χ0v) is 16.7. The SMILES string of the molecule is FC(F)c1cc(N2CCC(Nc3nccc(N4CCOCC4)n3)C2)nc(C2CC2)n1. The van der Waals surface area contributed by atoms with Crippen LogP contribution >= 0.6 is 0 Å². The number of anilines is 3. The molecule has 5 rings (SSSR count). The Labute approximate surface area is 173 Å². The molecule has 0 bridgehead atoms. The van der Waals surface area contributed by atoms with Gasteiger partial charge in [0.1, 0.15) is 23.2 Å². The predicted molar refractivity (Wildman–Crippen MR) is 108 cm³/mol. The highest BCUT2D eigenvalue weighted by Gasteiger charge is 2.31. The molecule has 0 spiro atoms. The highest BCUT2D eigenvalue weighted by atomic mass is 19.3. The molecule has 3 fully saturated rings. The van der Waals surface area contributed by atoms with Crippen LogP contribution in [0.5, 0.6) is 0 Å². The number of hydrogen-bond acceptors (Lipinski definition) is 8. The van der Waals surface area contributed by atoms with Crippen LogP contribution in [0.15, 0.2) is 18.3 Å². The molecule has 0 radical (unpaired) electrons. The van der Waals surface area contributed by atoms with Gasteiger partial charge in [0.15, 0.2) is 0 Å². The number of morpholine rings is 1. The minimum atomic E-state index is -2.59. The summed E-state index contributed by atoms with van der Waals surface area (Å²) in [5, 5.41) is 3.39. The van der Waals surface area contributed by atoms with Crippen molar-refractivity contribution in [2.24, 2.45) is 0 Å². The summed E-state index contributed by atoms with van der Waals surface area (Å²) < 4.78 is 32.0. The van der Waals surface area contributed by atoms with Gasteiger partial charge in [0, 0.05) is 50.4 Å². The summed E-state index contributed by atoms with van der Waals surface area (Å²) in [6.07, 6.45) is 1.99. The number of rotatable bonds is 6. The number of nitrogens with one attached hydrogen (secondary N) is 1. The second kappa shape index (κ2) is 8.25. The molecule has 2 aliphatic heterocycles. The maximum absolute atomic E-state index is 13.3. The van der Waals surface area contributed by atoms with E-state index in [2.05, 4.69) is 30.2 Å². The van der Waals surface area contributed by atoms with Gasteiger partial charge in [-0.2, -0.15) is 4.98 Å². The number of alkyl halides is 2. The zero-order chi connectivity index (χ0) is 20.5. The average Bonchev–Trinajstić information content (AvgIpc) is 3.53. The number of hydrogen-bond donors (Lipinski definition) is 1. The Bertz CT molecular complexity index is 869. The van der Waals surface area contributed by atoms with Crippen LogP contribution in [0.25, 0.3) is 0 Å². The molecule has 1 unspecified atom stereocenters. The van der Waals surface area contributed by atoms with E-state index in [4.69, 9.17) is 4.74 Å². The van der Waals surface area contributed by atoms with Gasteiger partial charge in [0.2, 0.25) is 5.95 Å². The first-order chi connectivity index (χ1) is 14.7. The molecule has 1 aliphatic carbocycles. The third kappa shape index (κ3) is 4.28. The summed E-state index contributed by atoms with van der Waals surface area (Å²) in [7, 11) is 0. The molecule has 10 heteroatoms. The highest BCUT2D eigenvalue weighted by molar-refractivity contribution is 5.46. The van der Waals surface area contributed by atoms with Crippen molar-refractivity contribution in [1.29, 1.82) is 0 Å². The lowest BCUT2D eigenvalue weighted by atomic mass is 10.3. The van der Waals surface area contributed by atoms with E-state index in [-0.39, 0.29) is 17.7 Å². The smallest absolute Gasteiger partial charge is 0.280 e. The second-order valence-corrected chi connectivity index (χ2v) is 8.00. The second-order valence-electron chi connectivity index (χ2n) is 8.00. The Morgan fingerprint density at radius 2 is 1.83 bits per heavy atom. The van der Waals surface area contributed by atoms with Crippen LogP contribution in [0.3, 0.4) is 0 Å². The van der Waals surface area contributed by atoms with E-state index >= 15 is 0 Å². The molecule has 1 saturated carbocycles. The molecule has 0 aromatic carbocycles. The molecule has 0 amide bonds. The van der Waals surface area contributed by atoms with Crippen LogP contribution < -0.4 is 15.1 Å². The quantitative estimate of drug-likeness (QED) is 0.769. The van der Waals surface area contributed by atoms with E-state index in [1.165, 1.54) is 6.07 Å². The Balaban J connectivity index is 1.26. The standard InChI is InChI=1S/C20H25F2N7O/c21-18(22)15-11-17(26-19(25-15)13-1-2-13)29-6-4-14(12-29)24-20-23-5-3-16(27-20)28-7-9-30-10-8-28/h3,5,11,13-14,18H,1-2,4,6-10,12H2,(H,23,24,27). The Hall–Kier alpha value is -2.62. The summed E-state index contributed by atoms with van der Waals surface area (Å²) in [5.74, 6) is 2.85. The first-order valence-electron chi connectivity index (χ1n) is 10.5. The van der Waals surface area contributed by atoms with Crippen molar-refractivity contribution in [3.05, 3.63) is 29.8 Å². The maximum atomic E-state index is 13.3. The fraction of sp³-hybridized carbons (Fsp3) is 0.600. The van der Waals surface area contributed by atoms with Gasteiger partial charge in [0.25, 0.3) is 6.43 Å². The minimum Gasteiger partial charge on any atom is -0.378 e. The normalized spacial score (nSPS) is 22.0. The van der Waals surface area contributed by atoms with Gasteiger partial charge in [-0.15, -0.1) is 0 Å². The fourth-order valence-corrected chi connectivity index (χ4v) is 3.93. The Kier molecular flexibility index (Phi) is 5.32. The van der Waals surface area contributed by atoms with E-state index in [9.17, 15) is 8.78 Å². The van der Waals surface area contributed by atoms with E-state index in [1.807, 2.05) is 11.0 Å². The van der Waals surface area contributed by atoms with Crippen LogP contribution in [0.1, 0.15) is 43.1 Å². The van der Waals surface area contributed by atoms with Gasteiger partial charge in [0.05, 0.1) is 13.2 Å². The molecule has 2 aromatic rings. The molecule has 1 atom stereocenters. The molecular formula is C20H25F2N7O. The number of nitrogens with zero attached hydrogens (tertiary/aromatic N) is 6. The largest absolute Gasteiger partial charge is 0.378 e. The summed E-state index contributed by atoms with van der Waals surface area (Å²) in [4.78, 5) is 21.9. The van der Waals surface area contributed by atoms with Crippen molar-refractivity contribution >= 4 is 17.6 Å². The minimum absolute atomic E-state index is 0.124. The third-order valence-electron chi connectivity index (χ3n) is 5.74. The lowest BCUT2D eigenvalue weighted by molar-refractivity contribution is 0.122. The molecule has 8 nitrogen and oxygen atoms in total. The van der Waals surface area contributed by atoms with Gasteiger partial charge < -0.3 is 19.9 Å². The topological polar surface area (TPSA) is 79.3 Å². The van der Waals surface area contributed by atoms with Gasteiger partial charge in [-0.3, -0.25) is 0 Å². The van der Waals surface area contributed by atoms with E-state index in [1.54, 1.807) is 6.20 Å². The van der Waals surface area contributed by atoms with Crippen LogP contribution in [-0.4, -0.2) is 65.4 Å². The van der Waals surface area contributed by atoms with E-state index in [0.29, 0.717) is 37.3 Å².